The number of hydrogen-bond acceptors (Lipinski definition) is 4. The number of nitrogens with zero attached hydrogens (tertiary/aromatic N) is 2. The van der Waals surface area contributed by atoms with Crippen molar-refractivity contribution in [2.45, 2.75) is 13.3 Å². The Bertz CT molecular complexity index is 720. The molecule has 3 rings (SSSR count). The van der Waals surface area contributed by atoms with E-state index in [0.29, 0.717) is 5.88 Å². The van der Waals surface area contributed by atoms with Crippen LogP contribution in [0.25, 0.3) is 22.4 Å². The number of nitrogen functional groups attached to an aromatic ring is 1. The second-order valence-electron chi connectivity index (χ2n) is 4.52. The molecule has 0 bridgehead atoms. The third-order valence-corrected chi connectivity index (χ3v) is 3.34. The Labute approximate surface area is 117 Å². The molecule has 20 heavy (non-hydrogen) atoms. The monoisotopic (exact) mass is 265 g/mol. The molecular formula is C16H15N3O. The van der Waals surface area contributed by atoms with E-state index < -0.39 is 0 Å². The summed E-state index contributed by atoms with van der Waals surface area (Å²) in [5.41, 5.74) is 10.8. The van der Waals surface area contributed by atoms with E-state index in [1.807, 2.05) is 30.3 Å². The van der Waals surface area contributed by atoms with Crippen LogP contribution in [0.2, 0.25) is 0 Å². The normalized spacial score (nSPS) is 10.7. The van der Waals surface area contributed by atoms with E-state index in [-0.39, 0.29) is 0 Å². The summed E-state index contributed by atoms with van der Waals surface area (Å²) >= 11 is 0. The van der Waals surface area contributed by atoms with Gasteiger partial charge in [-0.05, 0) is 29.7 Å². The van der Waals surface area contributed by atoms with E-state index in [9.17, 15) is 0 Å². The smallest absolute Gasteiger partial charge is 0.230 e. The molecule has 0 saturated heterocycles. The molecule has 0 unspecified atom stereocenters. The summed E-state index contributed by atoms with van der Waals surface area (Å²) in [4.78, 5) is 4.03. The Hall–Kier alpha value is -2.62. The van der Waals surface area contributed by atoms with E-state index in [0.717, 1.165) is 28.8 Å². The maximum atomic E-state index is 5.95. The van der Waals surface area contributed by atoms with Crippen LogP contribution in [0.15, 0.2) is 53.3 Å². The number of nitrogens with two attached hydrogens (primary N) is 1. The number of hydrogen-bond donors (Lipinski definition) is 1. The van der Waals surface area contributed by atoms with Crippen LogP contribution in [0, 0.1) is 0 Å². The van der Waals surface area contributed by atoms with Crippen LogP contribution in [0.4, 0.5) is 5.88 Å². The lowest BCUT2D eigenvalue weighted by Gasteiger charge is -2.07. The molecule has 0 aliphatic rings. The molecule has 2 aromatic heterocycles. The summed E-state index contributed by atoms with van der Waals surface area (Å²) in [6.45, 7) is 2.12. The Kier molecular flexibility index (Phi) is 3.21. The fraction of sp³-hybridized carbons (Fsp3) is 0.125. The standard InChI is InChI=1S/C16H15N3O/c1-2-11-5-3-4-6-13(11)15-14(16(17)20-19-15)12-7-9-18-10-8-12/h3-10H,2,17H2,1H3. The number of anilines is 1. The lowest BCUT2D eigenvalue weighted by atomic mass is 9.97. The van der Waals surface area contributed by atoms with E-state index in [2.05, 4.69) is 23.1 Å². The minimum Gasteiger partial charge on any atom is -0.367 e. The van der Waals surface area contributed by atoms with Crippen molar-refractivity contribution in [3.8, 4) is 22.4 Å². The van der Waals surface area contributed by atoms with Crippen LogP contribution in [0.3, 0.4) is 0 Å². The first kappa shape index (κ1) is 12.4. The molecule has 2 heterocycles. The molecule has 0 atom stereocenters. The van der Waals surface area contributed by atoms with Crippen molar-refractivity contribution in [2.75, 3.05) is 5.73 Å². The topological polar surface area (TPSA) is 64.9 Å². The first-order valence-corrected chi connectivity index (χ1v) is 6.55. The molecule has 0 aliphatic carbocycles. The van der Waals surface area contributed by atoms with Crippen LogP contribution < -0.4 is 5.73 Å². The Morgan fingerprint density at radius 2 is 1.85 bits per heavy atom. The molecule has 4 heteroatoms. The van der Waals surface area contributed by atoms with Gasteiger partial charge in [-0.15, -0.1) is 0 Å². The zero-order valence-corrected chi connectivity index (χ0v) is 11.2. The predicted octanol–water partition coefficient (Wildman–Crippen LogP) is 3.55. The quantitative estimate of drug-likeness (QED) is 0.786. The lowest BCUT2D eigenvalue weighted by molar-refractivity contribution is 0.439. The molecule has 3 aromatic rings. The SMILES string of the molecule is CCc1ccccc1-c1noc(N)c1-c1ccncc1. The maximum Gasteiger partial charge on any atom is 0.230 e. The minimum absolute atomic E-state index is 0.331. The highest BCUT2D eigenvalue weighted by molar-refractivity contribution is 5.87. The zero-order chi connectivity index (χ0) is 13.9. The van der Waals surface area contributed by atoms with Crippen molar-refractivity contribution >= 4 is 5.88 Å². The summed E-state index contributed by atoms with van der Waals surface area (Å²) in [7, 11) is 0. The average Bonchev–Trinajstić information content (AvgIpc) is 2.89. The molecule has 0 aliphatic heterocycles. The zero-order valence-electron chi connectivity index (χ0n) is 11.2. The van der Waals surface area contributed by atoms with Gasteiger partial charge in [0.1, 0.15) is 5.69 Å². The van der Waals surface area contributed by atoms with Gasteiger partial charge >= 0.3 is 0 Å². The van der Waals surface area contributed by atoms with Crippen LogP contribution >= 0.6 is 0 Å². The Morgan fingerprint density at radius 3 is 2.60 bits per heavy atom. The van der Waals surface area contributed by atoms with Gasteiger partial charge in [0.25, 0.3) is 0 Å². The molecule has 100 valence electrons. The number of aromatic nitrogens is 2. The van der Waals surface area contributed by atoms with Gasteiger partial charge in [-0.25, -0.2) is 0 Å². The summed E-state index contributed by atoms with van der Waals surface area (Å²) in [6.07, 6.45) is 4.40. The predicted molar refractivity (Wildman–Crippen MR) is 79.0 cm³/mol. The fourth-order valence-corrected chi connectivity index (χ4v) is 2.34. The van der Waals surface area contributed by atoms with E-state index in [1.54, 1.807) is 12.4 Å². The third-order valence-electron chi connectivity index (χ3n) is 3.34. The van der Waals surface area contributed by atoms with Gasteiger partial charge in [-0.3, -0.25) is 4.98 Å². The van der Waals surface area contributed by atoms with Crippen molar-refractivity contribution in [1.29, 1.82) is 0 Å². The fourth-order valence-electron chi connectivity index (χ4n) is 2.34. The Balaban J connectivity index is 2.22. The molecule has 0 spiro atoms. The maximum absolute atomic E-state index is 5.95. The average molecular weight is 265 g/mol. The molecule has 0 radical (unpaired) electrons. The first-order chi connectivity index (χ1) is 9.81. The minimum atomic E-state index is 0.331. The van der Waals surface area contributed by atoms with Gasteiger partial charge in [0.2, 0.25) is 5.88 Å². The van der Waals surface area contributed by atoms with E-state index in [1.165, 1.54) is 5.56 Å². The molecule has 0 saturated carbocycles. The van der Waals surface area contributed by atoms with Gasteiger partial charge in [-0.1, -0.05) is 36.3 Å². The van der Waals surface area contributed by atoms with Crippen molar-refractivity contribution in [2.24, 2.45) is 0 Å². The van der Waals surface area contributed by atoms with Crippen LogP contribution in [0.5, 0.6) is 0 Å². The number of benzene rings is 1. The number of rotatable bonds is 3. The summed E-state index contributed by atoms with van der Waals surface area (Å²) in [5.74, 6) is 0.331. The first-order valence-electron chi connectivity index (χ1n) is 6.55. The summed E-state index contributed by atoms with van der Waals surface area (Å²) < 4.78 is 5.21. The van der Waals surface area contributed by atoms with Crippen molar-refractivity contribution in [1.82, 2.24) is 10.1 Å². The highest BCUT2D eigenvalue weighted by Gasteiger charge is 2.18. The second kappa shape index (κ2) is 5.17. The van der Waals surface area contributed by atoms with Crippen LogP contribution in [-0.4, -0.2) is 10.1 Å². The van der Waals surface area contributed by atoms with Gasteiger partial charge in [-0.2, -0.15) is 0 Å². The highest BCUT2D eigenvalue weighted by atomic mass is 16.5. The largest absolute Gasteiger partial charge is 0.367 e. The third kappa shape index (κ3) is 2.05. The van der Waals surface area contributed by atoms with E-state index in [4.69, 9.17) is 10.3 Å². The molecular weight excluding hydrogens is 250 g/mol. The van der Waals surface area contributed by atoms with Gasteiger partial charge in [0.15, 0.2) is 0 Å². The lowest BCUT2D eigenvalue weighted by Crippen LogP contribution is -1.91. The summed E-state index contributed by atoms with van der Waals surface area (Å²) in [5, 5.41) is 4.15. The molecule has 2 N–H and O–H groups in total. The van der Waals surface area contributed by atoms with Crippen molar-refractivity contribution in [3.63, 3.8) is 0 Å². The highest BCUT2D eigenvalue weighted by Crippen LogP contribution is 2.37. The Morgan fingerprint density at radius 1 is 1.10 bits per heavy atom. The van der Waals surface area contributed by atoms with Gasteiger partial charge in [0, 0.05) is 18.0 Å². The number of pyridine rings is 1. The van der Waals surface area contributed by atoms with Crippen LogP contribution in [-0.2, 0) is 6.42 Å². The molecule has 1 aromatic carbocycles. The molecule has 4 nitrogen and oxygen atoms in total. The summed E-state index contributed by atoms with van der Waals surface area (Å²) in [6, 6.07) is 12.0. The van der Waals surface area contributed by atoms with Crippen LogP contribution in [0.1, 0.15) is 12.5 Å². The van der Waals surface area contributed by atoms with Crippen molar-refractivity contribution in [3.05, 3.63) is 54.4 Å². The second-order valence-corrected chi connectivity index (χ2v) is 4.52. The van der Waals surface area contributed by atoms with Crippen molar-refractivity contribution < 1.29 is 4.52 Å². The van der Waals surface area contributed by atoms with E-state index >= 15 is 0 Å². The molecule has 0 fully saturated rings. The molecule has 0 amide bonds. The van der Waals surface area contributed by atoms with Gasteiger partial charge in [0.05, 0.1) is 5.56 Å². The number of aryl methyl sites for hydroxylation is 1. The van der Waals surface area contributed by atoms with Gasteiger partial charge < -0.3 is 10.3 Å².